The summed E-state index contributed by atoms with van der Waals surface area (Å²) in [6, 6.07) is 47.4. The van der Waals surface area contributed by atoms with E-state index in [4.69, 9.17) is 14.9 Å². The molecule has 8 saturated carbocycles. The highest BCUT2D eigenvalue weighted by Crippen LogP contribution is 2.62. The summed E-state index contributed by atoms with van der Waals surface area (Å²) in [5.41, 5.74) is 8.45. The van der Waals surface area contributed by atoms with Crippen molar-refractivity contribution in [3.05, 3.63) is 184 Å². The number of aliphatic carboxylic acids is 1. The maximum Gasteiger partial charge on any atom is 0.300 e. The number of rotatable bonds is 9. The highest BCUT2D eigenvalue weighted by molar-refractivity contribution is 9.10. The maximum absolute atomic E-state index is 12.8. The number of hydrogen-bond donors (Lipinski definition) is 2. The van der Waals surface area contributed by atoms with Gasteiger partial charge in [-0.05, 0) is 172 Å². The van der Waals surface area contributed by atoms with Crippen molar-refractivity contribution in [3.63, 3.8) is 0 Å². The zero-order valence-electron chi connectivity index (χ0n) is 40.7. The third-order valence-corrected chi connectivity index (χ3v) is 16.8. The highest BCUT2D eigenvalue weighted by Gasteiger charge is 2.54. The summed E-state index contributed by atoms with van der Waals surface area (Å²) >= 11 is 7.01. The highest BCUT2D eigenvalue weighted by atomic mass is 79.9. The molecule has 4 N–H and O–H groups in total. The summed E-state index contributed by atoms with van der Waals surface area (Å²) in [7, 11) is 0. The largest absolute Gasteiger partial charge is 1.00 e. The number of ketones is 2. The van der Waals surface area contributed by atoms with Crippen molar-refractivity contribution in [1.82, 2.24) is 11.1 Å². The topological polar surface area (TPSA) is 123 Å². The molecular weight excluding hydrogens is 1080 g/mol. The maximum atomic E-state index is 12.8. The van der Waals surface area contributed by atoms with Gasteiger partial charge in [0.05, 0.1) is 5.69 Å². The molecule has 0 atom stereocenters. The van der Waals surface area contributed by atoms with Crippen LogP contribution in [0.25, 0.3) is 28.5 Å². The van der Waals surface area contributed by atoms with Gasteiger partial charge in [-0.15, -0.1) is 0 Å². The molecule has 0 spiro atoms. The SMILES string of the molecule is Brc1ccc(-c2cc(-c3ccccc3)cc(C34CC5CC(CC(C5)C3)C4)n2)cc1.CC(=O)O.N.O=C(/C=C/c1ccc(Br)cc1)C12CC3CC(CC(C3)C1)C2.O=C(C[n+]1ccccc1)c1ccccc1.[Br-]. The van der Waals surface area contributed by atoms with E-state index < -0.39 is 5.97 Å². The van der Waals surface area contributed by atoms with Crippen LogP contribution in [0.3, 0.4) is 0 Å². The number of pyridine rings is 2. The average Bonchev–Trinajstić information content (AvgIpc) is 3.34. The third-order valence-electron chi connectivity index (χ3n) is 15.7. The molecule has 0 amide bonds. The Morgan fingerprint density at radius 1 is 0.606 bits per heavy atom. The van der Waals surface area contributed by atoms with E-state index in [1.807, 2.05) is 102 Å². The molecule has 0 aliphatic heterocycles. The van der Waals surface area contributed by atoms with Gasteiger partial charge in [-0.25, -0.2) is 0 Å². The lowest BCUT2D eigenvalue weighted by atomic mass is 9.48. The van der Waals surface area contributed by atoms with Gasteiger partial charge >= 0.3 is 0 Å². The number of benzene rings is 4. The number of nitrogens with zero attached hydrogens (tertiary/aromatic N) is 2. The monoisotopic (exact) mass is 1140 g/mol. The minimum absolute atomic E-state index is 0. The van der Waals surface area contributed by atoms with Gasteiger partial charge in [-0.3, -0.25) is 19.4 Å². The summed E-state index contributed by atoms with van der Waals surface area (Å²) in [5, 5.41) is 7.42. The molecule has 8 aliphatic rings. The summed E-state index contributed by atoms with van der Waals surface area (Å²) in [6.45, 7) is 1.48. The van der Waals surface area contributed by atoms with Crippen LogP contribution in [0.4, 0.5) is 0 Å². The smallest absolute Gasteiger partial charge is 0.300 e. The summed E-state index contributed by atoms with van der Waals surface area (Å²) in [4.78, 5) is 39.0. The molecule has 7 nitrogen and oxygen atoms in total. The van der Waals surface area contributed by atoms with Crippen LogP contribution in [0.1, 0.15) is 106 Å². The van der Waals surface area contributed by atoms with E-state index in [0.717, 1.165) is 87.5 Å². The normalized spacial score (nSPS) is 25.7. The molecule has 2 heterocycles. The van der Waals surface area contributed by atoms with Gasteiger partial charge in [0.1, 0.15) is 0 Å². The number of carboxylic acid groups (broad SMARTS) is 1. The van der Waals surface area contributed by atoms with E-state index >= 15 is 0 Å². The molecule has 370 valence electrons. The van der Waals surface area contributed by atoms with Crippen LogP contribution in [0, 0.1) is 40.9 Å². The second-order valence-corrected chi connectivity index (χ2v) is 22.8. The number of carbonyl (C=O) groups is 3. The second-order valence-electron chi connectivity index (χ2n) is 21.0. The lowest BCUT2D eigenvalue weighted by Crippen LogP contribution is -3.00. The van der Waals surface area contributed by atoms with Crippen molar-refractivity contribution in [2.24, 2.45) is 40.9 Å². The molecule has 6 aromatic rings. The van der Waals surface area contributed by atoms with Crippen molar-refractivity contribution < 1.29 is 41.0 Å². The molecule has 8 bridgehead atoms. The van der Waals surface area contributed by atoms with Gasteiger partial charge in [0.2, 0.25) is 12.3 Å². The minimum atomic E-state index is -0.833. The molecule has 4 aromatic carbocycles. The number of carbonyl (C=O) groups excluding carboxylic acids is 2. The number of Topliss-reactive ketones (excluding diaryl/α,β-unsaturated/α-hetero) is 1. The van der Waals surface area contributed by atoms with Crippen molar-refractivity contribution in [3.8, 4) is 22.4 Å². The zero-order valence-corrected chi connectivity index (χ0v) is 45.4. The van der Waals surface area contributed by atoms with Gasteiger partial charge in [-0.1, -0.05) is 129 Å². The number of halogens is 3. The Bertz CT molecular complexity index is 2670. The molecule has 8 aliphatic carbocycles. The minimum Gasteiger partial charge on any atom is -1.00 e. The summed E-state index contributed by atoms with van der Waals surface area (Å²) in [5.74, 6) is 4.99. The Morgan fingerprint density at radius 2 is 1.06 bits per heavy atom. The molecule has 8 fully saturated rings. The van der Waals surface area contributed by atoms with Gasteiger partial charge in [-0.2, -0.15) is 4.57 Å². The molecule has 14 rings (SSSR count). The molecule has 0 radical (unpaired) electrons. The summed E-state index contributed by atoms with van der Waals surface area (Å²) in [6.07, 6.45) is 23.7. The van der Waals surface area contributed by atoms with Crippen LogP contribution in [0.5, 0.6) is 0 Å². The van der Waals surface area contributed by atoms with Crippen LogP contribution in [-0.2, 0) is 21.5 Å². The van der Waals surface area contributed by atoms with Crippen LogP contribution in [0.2, 0.25) is 0 Å². The van der Waals surface area contributed by atoms with E-state index in [0.29, 0.717) is 17.7 Å². The fraction of sp³-hybridized carbons (Fsp3) is 0.361. The molecule has 2 aromatic heterocycles. The van der Waals surface area contributed by atoms with E-state index in [2.05, 4.69) is 98.6 Å². The van der Waals surface area contributed by atoms with Gasteiger partial charge in [0, 0.05) is 55.7 Å². The van der Waals surface area contributed by atoms with Gasteiger partial charge < -0.3 is 28.2 Å². The van der Waals surface area contributed by atoms with E-state index in [9.17, 15) is 9.59 Å². The fourth-order valence-electron chi connectivity index (χ4n) is 13.5. The van der Waals surface area contributed by atoms with Crippen LogP contribution in [-0.4, -0.2) is 27.6 Å². The zero-order chi connectivity index (χ0) is 48.0. The Labute approximate surface area is 447 Å². The van der Waals surface area contributed by atoms with Crippen molar-refractivity contribution in [1.29, 1.82) is 0 Å². The van der Waals surface area contributed by atoms with Gasteiger partial charge in [0.25, 0.3) is 5.97 Å². The first-order valence-corrected chi connectivity index (χ1v) is 26.5. The van der Waals surface area contributed by atoms with E-state index in [1.165, 1.54) is 80.2 Å². The first-order valence-electron chi connectivity index (χ1n) is 24.9. The summed E-state index contributed by atoms with van der Waals surface area (Å²) < 4.78 is 4.06. The Morgan fingerprint density at radius 3 is 1.56 bits per heavy atom. The Balaban J connectivity index is 0.000000156. The number of aromatic nitrogens is 2. The Kier molecular flexibility index (Phi) is 18.4. The van der Waals surface area contributed by atoms with Gasteiger partial charge in [0.15, 0.2) is 18.2 Å². The second kappa shape index (κ2) is 24.2. The first kappa shape index (κ1) is 53.9. The van der Waals surface area contributed by atoms with Crippen LogP contribution in [0.15, 0.2) is 167 Å². The van der Waals surface area contributed by atoms with Crippen molar-refractivity contribution in [2.45, 2.75) is 95.9 Å². The number of allylic oxidation sites excluding steroid dienone is 1. The average molecular weight is 1140 g/mol. The van der Waals surface area contributed by atoms with Crippen molar-refractivity contribution >= 4 is 55.5 Å². The third kappa shape index (κ3) is 13.6. The van der Waals surface area contributed by atoms with Crippen LogP contribution < -0.4 is 27.7 Å². The molecular formula is C61H66Br3N3O4. The molecule has 10 heteroatoms. The number of carboxylic acids is 1. The fourth-order valence-corrected chi connectivity index (χ4v) is 14.1. The molecule has 0 unspecified atom stereocenters. The quantitative estimate of drug-likeness (QED) is 0.0844. The molecule has 0 saturated heterocycles. The lowest BCUT2D eigenvalue weighted by Gasteiger charge is -2.56. The molecule has 71 heavy (non-hydrogen) atoms. The van der Waals surface area contributed by atoms with Crippen molar-refractivity contribution in [2.75, 3.05) is 0 Å². The standard InChI is InChI=1S/C27H26BrN.C19H21BrO.C13H12NO.C2H4O2.BrH.H3N/c28-24-8-6-22(7-9-24)25-13-23(21-4-2-1-3-5-21)14-26(29-25)27-15-18-10-19(16-27)12-20(11-18)17-27;20-17-4-1-13(2-5-17)3-6-18(21)19-10-14-7-15(11-19)9-16(8-14)12-19;15-13(12-7-3-1-4-8-12)11-14-9-5-2-6-10-14;1-2(3)4;;/h1-9,13-14,18-20H,10-12,15-17H2;1-6,14-16H,7-12H2;1-10H,11H2;1H3,(H,3,4);1H;1H3/q;;+1;;;/p-1/b;6-3+;;;;. The lowest BCUT2D eigenvalue weighted by molar-refractivity contribution is -0.683. The Hall–Kier alpha value is -4.87. The predicted octanol–water partition coefficient (Wildman–Crippen LogP) is 12.0. The number of hydrogen-bond acceptors (Lipinski definition) is 5. The first-order chi connectivity index (χ1) is 33.4. The van der Waals surface area contributed by atoms with E-state index in [-0.39, 0.29) is 34.3 Å². The van der Waals surface area contributed by atoms with Crippen LogP contribution >= 0.6 is 31.9 Å². The predicted molar refractivity (Wildman–Crippen MR) is 287 cm³/mol. The van der Waals surface area contributed by atoms with E-state index in [1.54, 1.807) is 0 Å².